The number of aliphatic hydroxyl groups excluding tert-OH is 3. The lowest BCUT2D eigenvalue weighted by Gasteiger charge is -2.40. The van der Waals surface area contributed by atoms with Crippen molar-refractivity contribution >= 4 is 0 Å². The molecule has 1 rings (SSSR count). The van der Waals surface area contributed by atoms with Gasteiger partial charge in [0.2, 0.25) is 0 Å². The Morgan fingerprint density at radius 1 is 1.25 bits per heavy atom. The maximum atomic E-state index is 10.5. The summed E-state index contributed by atoms with van der Waals surface area (Å²) in [5, 5.41) is 37.9. The van der Waals surface area contributed by atoms with Crippen molar-refractivity contribution in [1.82, 2.24) is 0 Å². The van der Waals surface area contributed by atoms with E-state index in [-0.39, 0.29) is 0 Å². The average Bonchev–Trinajstić information content (AvgIpc) is 2.08. The standard InChI is InChI=1S/C7H13O5/c1-3-4(2-8)12-7(11)6(10)5(3)9/h3-7,9-11H,2H2,1H3/q-1. The van der Waals surface area contributed by atoms with E-state index in [4.69, 9.17) is 14.9 Å². The molecule has 1 saturated heterocycles. The molecule has 1 fully saturated rings. The summed E-state index contributed by atoms with van der Waals surface area (Å²) in [6, 6.07) is 0. The second-order valence-corrected chi connectivity index (χ2v) is 3.07. The van der Waals surface area contributed by atoms with E-state index in [0.717, 1.165) is 0 Å². The van der Waals surface area contributed by atoms with E-state index in [1.54, 1.807) is 6.92 Å². The smallest absolute Gasteiger partial charge is 0.183 e. The predicted octanol–water partition coefficient (Wildman–Crippen LogP) is -2.58. The first kappa shape index (κ1) is 9.88. The Bertz CT molecular complexity index is 146. The van der Waals surface area contributed by atoms with Gasteiger partial charge in [0.1, 0.15) is 6.10 Å². The van der Waals surface area contributed by atoms with Gasteiger partial charge >= 0.3 is 0 Å². The number of ether oxygens (including phenoxy) is 1. The molecule has 0 aromatic carbocycles. The van der Waals surface area contributed by atoms with Crippen molar-refractivity contribution in [3.05, 3.63) is 0 Å². The van der Waals surface area contributed by atoms with E-state index in [1.165, 1.54) is 0 Å². The molecule has 0 bridgehead atoms. The third-order valence-corrected chi connectivity index (χ3v) is 2.25. The van der Waals surface area contributed by atoms with E-state index in [2.05, 4.69) is 0 Å². The van der Waals surface area contributed by atoms with Crippen molar-refractivity contribution in [1.29, 1.82) is 0 Å². The first-order chi connectivity index (χ1) is 5.57. The molecule has 1 aliphatic rings. The van der Waals surface area contributed by atoms with Gasteiger partial charge in [-0.25, -0.2) is 0 Å². The van der Waals surface area contributed by atoms with Gasteiger partial charge in [-0.3, -0.25) is 0 Å². The Morgan fingerprint density at radius 3 is 2.33 bits per heavy atom. The van der Waals surface area contributed by atoms with Crippen molar-refractivity contribution in [2.45, 2.75) is 31.5 Å². The molecule has 1 heterocycles. The number of rotatable bonds is 1. The van der Waals surface area contributed by atoms with E-state index in [1.807, 2.05) is 0 Å². The summed E-state index contributed by atoms with van der Waals surface area (Å²) < 4.78 is 4.76. The highest BCUT2D eigenvalue weighted by atomic mass is 16.6. The van der Waals surface area contributed by atoms with Gasteiger partial charge in [0, 0.05) is 5.92 Å². The summed E-state index contributed by atoms with van der Waals surface area (Å²) in [6.45, 7) is 1.07. The lowest BCUT2D eigenvalue weighted by molar-refractivity contribution is -0.408. The Balaban J connectivity index is 2.63. The monoisotopic (exact) mass is 177 g/mol. The van der Waals surface area contributed by atoms with Crippen LogP contribution in [0.3, 0.4) is 0 Å². The Hall–Kier alpha value is -0.200. The first-order valence-corrected chi connectivity index (χ1v) is 3.85. The van der Waals surface area contributed by atoms with Crippen LogP contribution in [-0.2, 0) is 4.74 Å². The van der Waals surface area contributed by atoms with Gasteiger partial charge in [-0.1, -0.05) is 6.92 Å². The minimum Gasteiger partial charge on any atom is -0.853 e. The zero-order valence-corrected chi connectivity index (χ0v) is 6.75. The molecule has 12 heavy (non-hydrogen) atoms. The van der Waals surface area contributed by atoms with Crippen LogP contribution in [0.2, 0.25) is 0 Å². The number of hydrogen-bond donors (Lipinski definition) is 3. The van der Waals surface area contributed by atoms with Crippen LogP contribution in [0.25, 0.3) is 0 Å². The van der Waals surface area contributed by atoms with Crippen LogP contribution in [0.4, 0.5) is 0 Å². The summed E-state index contributed by atoms with van der Waals surface area (Å²) in [5.41, 5.74) is 0. The highest BCUT2D eigenvalue weighted by Crippen LogP contribution is 2.23. The van der Waals surface area contributed by atoms with Gasteiger partial charge in [-0.15, -0.1) is 6.61 Å². The minimum absolute atomic E-state index is 0.444. The second-order valence-electron chi connectivity index (χ2n) is 3.07. The summed E-state index contributed by atoms with van der Waals surface area (Å²) in [4.78, 5) is 0. The molecule has 0 aromatic heterocycles. The SMILES string of the molecule is CC1C(C[O-])OC(O)C(O)C1O. The molecule has 0 amide bonds. The molecular formula is C7H13O5-. The van der Waals surface area contributed by atoms with Crippen LogP contribution in [-0.4, -0.2) is 46.5 Å². The highest BCUT2D eigenvalue weighted by molar-refractivity contribution is 4.85. The van der Waals surface area contributed by atoms with Crippen LogP contribution in [0.15, 0.2) is 0 Å². The molecule has 5 atom stereocenters. The van der Waals surface area contributed by atoms with Gasteiger partial charge in [0.05, 0.1) is 12.2 Å². The van der Waals surface area contributed by atoms with Crippen molar-refractivity contribution in [3.8, 4) is 0 Å². The van der Waals surface area contributed by atoms with E-state index < -0.39 is 37.1 Å². The maximum absolute atomic E-state index is 10.5. The van der Waals surface area contributed by atoms with Crippen LogP contribution < -0.4 is 5.11 Å². The fourth-order valence-corrected chi connectivity index (χ4v) is 1.27. The molecule has 0 spiro atoms. The first-order valence-electron chi connectivity index (χ1n) is 3.85. The summed E-state index contributed by atoms with van der Waals surface area (Å²) in [7, 11) is 0. The third kappa shape index (κ3) is 1.60. The molecule has 0 radical (unpaired) electrons. The molecule has 5 heteroatoms. The molecule has 0 saturated carbocycles. The Labute approximate surface area is 70.2 Å². The van der Waals surface area contributed by atoms with Gasteiger partial charge in [-0.2, -0.15) is 0 Å². The molecule has 1 aliphatic heterocycles. The fourth-order valence-electron chi connectivity index (χ4n) is 1.27. The zero-order valence-electron chi connectivity index (χ0n) is 6.75. The van der Waals surface area contributed by atoms with E-state index in [9.17, 15) is 10.2 Å². The lowest BCUT2D eigenvalue weighted by Crippen LogP contribution is -2.55. The lowest BCUT2D eigenvalue weighted by atomic mass is 9.91. The average molecular weight is 177 g/mol. The maximum Gasteiger partial charge on any atom is 0.183 e. The van der Waals surface area contributed by atoms with Gasteiger partial charge < -0.3 is 25.2 Å². The Morgan fingerprint density at radius 2 is 1.83 bits per heavy atom. The highest BCUT2D eigenvalue weighted by Gasteiger charge is 2.39. The molecule has 72 valence electrons. The van der Waals surface area contributed by atoms with Crippen molar-refractivity contribution < 1.29 is 25.2 Å². The van der Waals surface area contributed by atoms with Gasteiger partial charge in [0.25, 0.3) is 0 Å². The van der Waals surface area contributed by atoms with Crippen molar-refractivity contribution in [2.24, 2.45) is 5.92 Å². The van der Waals surface area contributed by atoms with E-state index >= 15 is 0 Å². The predicted molar refractivity (Wildman–Crippen MR) is 36.9 cm³/mol. The normalized spacial score (nSPS) is 49.2. The summed E-state index contributed by atoms with van der Waals surface area (Å²) in [5.74, 6) is -0.444. The largest absolute Gasteiger partial charge is 0.853 e. The molecular weight excluding hydrogens is 164 g/mol. The molecule has 0 aliphatic carbocycles. The molecule has 5 unspecified atom stereocenters. The topological polar surface area (TPSA) is 93.0 Å². The van der Waals surface area contributed by atoms with Crippen molar-refractivity contribution in [2.75, 3.05) is 6.61 Å². The summed E-state index contributed by atoms with van der Waals surface area (Å²) >= 11 is 0. The van der Waals surface area contributed by atoms with Crippen LogP contribution in [0.1, 0.15) is 6.92 Å². The Kier molecular flexibility index (Phi) is 3.03. The van der Waals surface area contributed by atoms with Crippen molar-refractivity contribution in [3.63, 3.8) is 0 Å². The van der Waals surface area contributed by atoms with Gasteiger partial charge in [0.15, 0.2) is 6.29 Å². The van der Waals surface area contributed by atoms with Crippen LogP contribution >= 0.6 is 0 Å². The zero-order chi connectivity index (χ0) is 9.30. The molecule has 0 aromatic rings. The minimum atomic E-state index is -1.45. The molecule has 5 nitrogen and oxygen atoms in total. The summed E-state index contributed by atoms with van der Waals surface area (Å²) in [6.07, 6.45) is -4.58. The molecule has 3 N–H and O–H groups in total. The second kappa shape index (κ2) is 3.68. The van der Waals surface area contributed by atoms with Crippen LogP contribution in [0.5, 0.6) is 0 Å². The van der Waals surface area contributed by atoms with E-state index in [0.29, 0.717) is 0 Å². The number of hydrogen-bond acceptors (Lipinski definition) is 5. The quantitative estimate of drug-likeness (QED) is 0.409. The fraction of sp³-hybridized carbons (Fsp3) is 1.00. The number of aliphatic hydroxyl groups is 3. The van der Waals surface area contributed by atoms with Crippen LogP contribution in [0, 0.1) is 5.92 Å². The van der Waals surface area contributed by atoms with Gasteiger partial charge in [-0.05, 0) is 0 Å². The third-order valence-electron chi connectivity index (χ3n) is 2.25.